The summed E-state index contributed by atoms with van der Waals surface area (Å²) < 4.78 is 5.56. The Morgan fingerprint density at radius 3 is 2.67 bits per heavy atom. The molecule has 1 fully saturated rings. The number of amides is 1. The summed E-state index contributed by atoms with van der Waals surface area (Å²) in [5, 5.41) is 12.6. The Bertz CT molecular complexity index is 1040. The highest BCUT2D eigenvalue weighted by atomic mass is 32.2. The molecule has 4 rings (SSSR count). The Balaban J connectivity index is 1.53. The van der Waals surface area contributed by atoms with Gasteiger partial charge in [0.2, 0.25) is 5.91 Å². The lowest BCUT2D eigenvalue weighted by Gasteiger charge is -2.36. The molecule has 2 aromatic carbocycles. The minimum absolute atomic E-state index is 0.0665. The Kier molecular flexibility index (Phi) is 7.32. The molecule has 174 valence electrons. The van der Waals surface area contributed by atoms with Crippen LogP contribution in [0.3, 0.4) is 0 Å². The molecular weight excluding hydrogens is 436 g/mol. The average Bonchev–Trinajstić information content (AvgIpc) is 3.20. The van der Waals surface area contributed by atoms with Gasteiger partial charge < -0.3 is 10.1 Å². The van der Waals surface area contributed by atoms with E-state index in [0.29, 0.717) is 17.6 Å². The number of aryl methyl sites for hydroxylation is 1. The van der Waals surface area contributed by atoms with Gasteiger partial charge >= 0.3 is 0 Å². The SMILES string of the molecule is CCOc1ccc(N2C(=N)C3C(C)NNC3N=C2SCC(=O)Nc2ccccc2CC)cc1. The molecule has 0 aliphatic carbocycles. The number of carbonyl (C=O) groups is 1. The van der Waals surface area contributed by atoms with E-state index < -0.39 is 0 Å². The van der Waals surface area contributed by atoms with Crippen LogP contribution < -0.4 is 25.8 Å². The van der Waals surface area contributed by atoms with Gasteiger partial charge in [0.25, 0.3) is 0 Å². The molecule has 2 aliphatic rings. The number of anilines is 2. The monoisotopic (exact) mass is 466 g/mol. The number of hydrogen-bond donors (Lipinski definition) is 4. The predicted molar refractivity (Wildman–Crippen MR) is 135 cm³/mol. The van der Waals surface area contributed by atoms with Crippen molar-refractivity contribution in [2.75, 3.05) is 22.6 Å². The lowest BCUT2D eigenvalue weighted by molar-refractivity contribution is -0.113. The number of aliphatic imine (C=N–C) groups is 1. The Morgan fingerprint density at radius 2 is 1.94 bits per heavy atom. The first-order valence-corrected chi connectivity index (χ1v) is 12.2. The first-order valence-electron chi connectivity index (χ1n) is 11.2. The number of ether oxygens (including phenoxy) is 1. The van der Waals surface area contributed by atoms with Crippen molar-refractivity contribution in [3.8, 4) is 5.75 Å². The van der Waals surface area contributed by atoms with Crippen molar-refractivity contribution in [1.29, 1.82) is 5.41 Å². The number of benzene rings is 2. The van der Waals surface area contributed by atoms with Crippen LogP contribution in [0.5, 0.6) is 5.75 Å². The van der Waals surface area contributed by atoms with Gasteiger partial charge in [0, 0.05) is 17.4 Å². The normalized spacial score (nSPS) is 22.0. The number of carbonyl (C=O) groups excluding carboxylic acids is 1. The van der Waals surface area contributed by atoms with E-state index in [1.54, 1.807) is 0 Å². The zero-order valence-corrected chi connectivity index (χ0v) is 19.9. The van der Waals surface area contributed by atoms with E-state index >= 15 is 0 Å². The molecule has 2 aliphatic heterocycles. The zero-order valence-electron chi connectivity index (χ0n) is 19.1. The Labute approximate surface area is 198 Å². The van der Waals surface area contributed by atoms with Crippen molar-refractivity contribution in [2.45, 2.75) is 39.4 Å². The smallest absolute Gasteiger partial charge is 0.234 e. The lowest BCUT2D eigenvalue weighted by atomic mass is 9.97. The third-order valence-electron chi connectivity index (χ3n) is 5.75. The summed E-state index contributed by atoms with van der Waals surface area (Å²) in [6.07, 6.45) is 0.608. The van der Waals surface area contributed by atoms with Crippen LogP contribution in [0.2, 0.25) is 0 Å². The van der Waals surface area contributed by atoms with Gasteiger partial charge in [-0.15, -0.1) is 0 Å². The first kappa shape index (κ1) is 23.3. The summed E-state index contributed by atoms with van der Waals surface area (Å²) in [6, 6.07) is 15.5. The second kappa shape index (κ2) is 10.4. The number of amidine groups is 2. The van der Waals surface area contributed by atoms with E-state index in [1.807, 2.05) is 67.3 Å². The number of hydrogen-bond acceptors (Lipinski definition) is 7. The van der Waals surface area contributed by atoms with Crippen LogP contribution in [0.15, 0.2) is 53.5 Å². The Hall–Kier alpha value is -2.88. The third kappa shape index (κ3) is 5.05. The van der Waals surface area contributed by atoms with Crippen molar-refractivity contribution in [1.82, 2.24) is 10.9 Å². The van der Waals surface area contributed by atoms with Gasteiger partial charge in [-0.1, -0.05) is 36.9 Å². The van der Waals surface area contributed by atoms with Crippen LogP contribution in [0.25, 0.3) is 0 Å². The van der Waals surface area contributed by atoms with E-state index in [1.165, 1.54) is 11.8 Å². The molecule has 0 aromatic heterocycles. The topological polar surface area (TPSA) is 102 Å². The molecule has 1 saturated heterocycles. The van der Waals surface area contributed by atoms with E-state index in [0.717, 1.165) is 29.1 Å². The fraction of sp³-hybridized carbons (Fsp3) is 0.375. The minimum atomic E-state index is -0.238. The maximum absolute atomic E-state index is 12.7. The molecule has 2 heterocycles. The largest absolute Gasteiger partial charge is 0.494 e. The van der Waals surface area contributed by atoms with Gasteiger partial charge in [0.05, 0.1) is 18.3 Å². The fourth-order valence-corrected chi connectivity index (χ4v) is 4.93. The molecule has 0 bridgehead atoms. The molecule has 33 heavy (non-hydrogen) atoms. The molecular formula is C24H30N6O2S. The molecule has 8 nitrogen and oxygen atoms in total. The molecule has 2 aromatic rings. The predicted octanol–water partition coefficient (Wildman–Crippen LogP) is 3.61. The Morgan fingerprint density at radius 1 is 1.18 bits per heavy atom. The quantitative estimate of drug-likeness (QED) is 0.497. The van der Waals surface area contributed by atoms with E-state index in [-0.39, 0.29) is 29.8 Å². The molecule has 1 amide bonds. The second-order valence-corrected chi connectivity index (χ2v) is 8.90. The van der Waals surface area contributed by atoms with E-state index in [4.69, 9.17) is 15.1 Å². The number of rotatable bonds is 7. The molecule has 3 unspecified atom stereocenters. The number of nitrogens with one attached hydrogen (secondary N) is 4. The summed E-state index contributed by atoms with van der Waals surface area (Å²) in [6.45, 7) is 6.64. The maximum Gasteiger partial charge on any atom is 0.234 e. The van der Waals surface area contributed by atoms with Gasteiger partial charge in [-0.2, -0.15) is 0 Å². The molecule has 0 spiro atoms. The summed E-state index contributed by atoms with van der Waals surface area (Å²) in [5.41, 5.74) is 9.12. The van der Waals surface area contributed by atoms with Gasteiger partial charge in [-0.05, 0) is 56.2 Å². The van der Waals surface area contributed by atoms with Crippen LogP contribution in [0.4, 0.5) is 11.4 Å². The van der Waals surface area contributed by atoms with Crippen LogP contribution in [-0.4, -0.2) is 41.5 Å². The summed E-state index contributed by atoms with van der Waals surface area (Å²) >= 11 is 1.33. The average molecular weight is 467 g/mol. The van der Waals surface area contributed by atoms with Crippen molar-refractivity contribution in [2.24, 2.45) is 10.9 Å². The third-order valence-corrected chi connectivity index (χ3v) is 6.70. The van der Waals surface area contributed by atoms with Crippen molar-refractivity contribution in [3.05, 3.63) is 54.1 Å². The fourth-order valence-electron chi connectivity index (χ4n) is 4.07. The minimum Gasteiger partial charge on any atom is -0.494 e. The van der Waals surface area contributed by atoms with Crippen molar-refractivity contribution in [3.63, 3.8) is 0 Å². The van der Waals surface area contributed by atoms with Gasteiger partial charge in [0.15, 0.2) is 5.17 Å². The van der Waals surface area contributed by atoms with Crippen LogP contribution in [0, 0.1) is 11.3 Å². The van der Waals surface area contributed by atoms with E-state index in [2.05, 4.69) is 23.1 Å². The van der Waals surface area contributed by atoms with Gasteiger partial charge in [-0.3, -0.25) is 20.5 Å². The van der Waals surface area contributed by atoms with Gasteiger partial charge in [0.1, 0.15) is 17.8 Å². The number of para-hydroxylation sites is 1. The molecule has 3 atom stereocenters. The summed E-state index contributed by atoms with van der Waals surface area (Å²) in [4.78, 5) is 19.4. The first-order chi connectivity index (χ1) is 16.0. The zero-order chi connectivity index (χ0) is 23.4. The second-order valence-electron chi connectivity index (χ2n) is 7.95. The van der Waals surface area contributed by atoms with Crippen LogP contribution in [0.1, 0.15) is 26.3 Å². The van der Waals surface area contributed by atoms with Crippen LogP contribution >= 0.6 is 11.8 Å². The maximum atomic E-state index is 12.7. The molecule has 9 heteroatoms. The number of hydrazine groups is 1. The summed E-state index contributed by atoms with van der Waals surface area (Å²) in [7, 11) is 0. The highest BCUT2D eigenvalue weighted by Crippen LogP contribution is 2.32. The number of thioether (sulfide) groups is 1. The summed E-state index contributed by atoms with van der Waals surface area (Å²) in [5.74, 6) is 1.21. The molecule has 0 saturated carbocycles. The highest BCUT2D eigenvalue weighted by molar-refractivity contribution is 8.14. The molecule has 4 N–H and O–H groups in total. The van der Waals surface area contributed by atoms with Crippen LogP contribution in [-0.2, 0) is 11.2 Å². The van der Waals surface area contributed by atoms with Gasteiger partial charge in [-0.25, -0.2) is 10.4 Å². The standard InChI is InChI=1S/C24H30N6O2S/c1-4-16-8-6-7-9-19(16)26-20(31)14-33-24-27-23-21(15(3)28-29-23)22(25)30(24)17-10-12-18(13-11-17)32-5-2/h6-13,15,21,23,25,28-29H,4-5,14H2,1-3H3,(H,26,31). The number of nitrogens with zero attached hydrogens (tertiary/aromatic N) is 2. The van der Waals surface area contributed by atoms with Crippen molar-refractivity contribution < 1.29 is 9.53 Å². The highest BCUT2D eigenvalue weighted by Gasteiger charge is 2.43. The number of fused-ring (bicyclic) bond motifs is 1. The lowest BCUT2D eigenvalue weighted by Crippen LogP contribution is -2.50. The van der Waals surface area contributed by atoms with E-state index in [9.17, 15) is 4.79 Å². The van der Waals surface area contributed by atoms with Crippen molar-refractivity contribution >= 4 is 40.0 Å². The molecule has 0 radical (unpaired) electrons.